The van der Waals surface area contributed by atoms with Crippen LogP contribution in [0.4, 0.5) is 4.39 Å². The van der Waals surface area contributed by atoms with Gasteiger partial charge in [-0.3, -0.25) is 4.79 Å². The molecule has 2 atom stereocenters. The molecule has 1 aromatic carbocycles. The molecule has 2 unspecified atom stereocenters. The minimum absolute atomic E-state index is 0.0560. The normalized spacial score (nSPS) is 22.7. The molecule has 0 aliphatic heterocycles. The molecule has 2 nitrogen and oxygen atoms in total. The van der Waals surface area contributed by atoms with Crippen molar-refractivity contribution >= 4 is 5.78 Å². The van der Waals surface area contributed by atoms with Crippen molar-refractivity contribution in [3.8, 4) is 6.07 Å². The fraction of sp³-hybridized carbons (Fsp3) is 0.500. The van der Waals surface area contributed by atoms with Crippen molar-refractivity contribution in [2.75, 3.05) is 0 Å². The Labute approximate surface area is 113 Å². The summed E-state index contributed by atoms with van der Waals surface area (Å²) < 4.78 is 13.2. The second kappa shape index (κ2) is 5.13. The van der Waals surface area contributed by atoms with Gasteiger partial charge < -0.3 is 0 Å². The SMILES string of the molecule is CC1(C)CCCC1C(=O)C(C#N)c1cccc(F)c1. The van der Waals surface area contributed by atoms with Crippen LogP contribution in [0.15, 0.2) is 24.3 Å². The first-order valence-corrected chi connectivity index (χ1v) is 6.64. The highest BCUT2D eigenvalue weighted by Gasteiger charge is 2.42. The zero-order chi connectivity index (χ0) is 14.0. The van der Waals surface area contributed by atoms with E-state index in [2.05, 4.69) is 13.8 Å². The molecule has 0 N–H and O–H groups in total. The zero-order valence-electron chi connectivity index (χ0n) is 11.3. The van der Waals surface area contributed by atoms with E-state index in [4.69, 9.17) is 0 Å². The fourth-order valence-corrected chi connectivity index (χ4v) is 3.04. The van der Waals surface area contributed by atoms with E-state index in [1.54, 1.807) is 12.1 Å². The summed E-state index contributed by atoms with van der Waals surface area (Å²) in [6.45, 7) is 4.14. The minimum Gasteiger partial charge on any atom is -0.298 e. The summed E-state index contributed by atoms with van der Waals surface area (Å²) in [6, 6.07) is 7.84. The van der Waals surface area contributed by atoms with Crippen LogP contribution in [0.25, 0.3) is 0 Å². The van der Waals surface area contributed by atoms with E-state index >= 15 is 0 Å². The highest BCUT2D eigenvalue weighted by atomic mass is 19.1. The van der Waals surface area contributed by atoms with Gasteiger partial charge in [-0.05, 0) is 36.0 Å². The molecule has 0 aromatic heterocycles. The largest absolute Gasteiger partial charge is 0.298 e. The van der Waals surface area contributed by atoms with E-state index in [1.807, 2.05) is 6.07 Å². The fourth-order valence-electron chi connectivity index (χ4n) is 3.04. The summed E-state index contributed by atoms with van der Waals surface area (Å²) in [4.78, 5) is 12.6. The Morgan fingerprint density at radius 2 is 2.26 bits per heavy atom. The van der Waals surface area contributed by atoms with Crippen molar-refractivity contribution in [3.63, 3.8) is 0 Å². The maximum Gasteiger partial charge on any atom is 0.158 e. The topological polar surface area (TPSA) is 40.9 Å². The molecule has 0 bridgehead atoms. The number of ketones is 1. The molecule has 1 aliphatic carbocycles. The van der Waals surface area contributed by atoms with Crippen molar-refractivity contribution in [3.05, 3.63) is 35.6 Å². The minimum atomic E-state index is -0.849. The lowest BCUT2D eigenvalue weighted by Gasteiger charge is -2.27. The van der Waals surface area contributed by atoms with Crippen molar-refractivity contribution in [1.29, 1.82) is 5.26 Å². The number of halogens is 1. The molecule has 2 rings (SSSR count). The highest BCUT2D eigenvalue weighted by Crippen LogP contribution is 2.45. The molecule has 0 spiro atoms. The lowest BCUT2D eigenvalue weighted by atomic mass is 9.75. The number of nitrogens with zero attached hydrogens (tertiary/aromatic N) is 1. The van der Waals surface area contributed by atoms with Gasteiger partial charge in [0.2, 0.25) is 0 Å². The molecule has 1 aromatic rings. The van der Waals surface area contributed by atoms with Crippen molar-refractivity contribution in [2.24, 2.45) is 11.3 Å². The number of carbonyl (C=O) groups excluding carboxylic acids is 1. The molecule has 0 amide bonds. The van der Waals surface area contributed by atoms with Crippen LogP contribution in [-0.4, -0.2) is 5.78 Å². The average Bonchev–Trinajstić information content (AvgIpc) is 2.70. The van der Waals surface area contributed by atoms with E-state index in [-0.39, 0.29) is 17.1 Å². The molecule has 100 valence electrons. The first kappa shape index (κ1) is 13.7. The monoisotopic (exact) mass is 259 g/mol. The molecule has 1 saturated carbocycles. The standard InChI is InChI=1S/C16H18FNO/c1-16(2)8-4-7-14(16)15(19)13(10-18)11-5-3-6-12(17)9-11/h3,5-6,9,13-14H,4,7-8H2,1-2H3. The second-order valence-corrected chi connectivity index (χ2v) is 5.95. The van der Waals surface area contributed by atoms with E-state index in [0.717, 1.165) is 19.3 Å². The van der Waals surface area contributed by atoms with E-state index < -0.39 is 11.7 Å². The van der Waals surface area contributed by atoms with Gasteiger partial charge in [-0.15, -0.1) is 0 Å². The summed E-state index contributed by atoms with van der Waals surface area (Å²) in [6.07, 6.45) is 2.86. The summed E-state index contributed by atoms with van der Waals surface area (Å²) in [5, 5.41) is 9.28. The number of hydrogen-bond donors (Lipinski definition) is 0. The Morgan fingerprint density at radius 1 is 1.53 bits per heavy atom. The van der Waals surface area contributed by atoms with Crippen LogP contribution in [-0.2, 0) is 4.79 Å². The maximum atomic E-state index is 13.2. The van der Waals surface area contributed by atoms with Gasteiger partial charge >= 0.3 is 0 Å². The lowest BCUT2D eigenvalue weighted by molar-refractivity contribution is -0.125. The van der Waals surface area contributed by atoms with Crippen LogP contribution in [0.2, 0.25) is 0 Å². The van der Waals surface area contributed by atoms with Crippen LogP contribution in [0, 0.1) is 28.5 Å². The van der Waals surface area contributed by atoms with Gasteiger partial charge in [-0.25, -0.2) is 4.39 Å². The number of carbonyl (C=O) groups is 1. The molecule has 0 heterocycles. The van der Waals surface area contributed by atoms with Crippen LogP contribution in [0.5, 0.6) is 0 Å². The van der Waals surface area contributed by atoms with Crippen LogP contribution < -0.4 is 0 Å². The molecule has 0 saturated heterocycles. The molecule has 3 heteroatoms. The third kappa shape index (κ3) is 2.68. The van der Waals surface area contributed by atoms with Gasteiger partial charge in [0.15, 0.2) is 5.78 Å². The first-order chi connectivity index (χ1) is 8.95. The van der Waals surface area contributed by atoms with E-state index in [0.29, 0.717) is 5.56 Å². The number of benzene rings is 1. The summed E-state index contributed by atoms with van der Waals surface area (Å²) in [5.74, 6) is -1.41. The van der Waals surface area contributed by atoms with Crippen LogP contribution in [0.3, 0.4) is 0 Å². The Bertz CT molecular complexity index is 530. The third-order valence-electron chi connectivity index (χ3n) is 4.20. The van der Waals surface area contributed by atoms with Gasteiger partial charge in [0.05, 0.1) is 6.07 Å². The zero-order valence-corrected chi connectivity index (χ0v) is 11.3. The molecule has 19 heavy (non-hydrogen) atoms. The predicted molar refractivity (Wildman–Crippen MR) is 70.9 cm³/mol. The first-order valence-electron chi connectivity index (χ1n) is 6.64. The average molecular weight is 259 g/mol. The quantitative estimate of drug-likeness (QED) is 0.827. The van der Waals surface area contributed by atoms with Gasteiger partial charge in [0, 0.05) is 5.92 Å². The second-order valence-electron chi connectivity index (χ2n) is 5.95. The molecular weight excluding hydrogens is 241 g/mol. The van der Waals surface area contributed by atoms with Gasteiger partial charge in [0.1, 0.15) is 11.7 Å². The molecule has 0 radical (unpaired) electrons. The third-order valence-corrected chi connectivity index (χ3v) is 4.20. The maximum absolute atomic E-state index is 13.2. The van der Waals surface area contributed by atoms with Gasteiger partial charge in [0.25, 0.3) is 0 Å². The molecule has 1 fully saturated rings. The van der Waals surface area contributed by atoms with Crippen molar-refractivity contribution in [1.82, 2.24) is 0 Å². The Kier molecular flexibility index (Phi) is 3.71. The van der Waals surface area contributed by atoms with Crippen LogP contribution >= 0.6 is 0 Å². The van der Waals surface area contributed by atoms with Gasteiger partial charge in [-0.2, -0.15) is 5.26 Å². The number of hydrogen-bond acceptors (Lipinski definition) is 2. The summed E-state index contributed by atoms with van der Waals surface area (Å²) >= 11 is 0. The highest BCUT2D eigenvalue weighted by molar-refractivity contribution is 5.91. The number of Topliss-reactive ketones (excluding diaryl/α,β-unsaturated/α-hetero) is 1. The smallest absolute Gasteiger partial charge is 0.158 e. The van der Waals surface area contributed by atoms with Crippen molar-refractivity contribution in [2.45, 2.75) is 39.0 Å². The Hall–Kier alpha value is -1.69. The lowest BCUT2D eigenvalue weighted by Crippen LogP contribution is -2.29. The number of nitriles is 1. The van der Waals surface area contributed by atoms with Crippen LogP contribution in [0.1, 0.15) is 44.6 Å². The predicted octanol–water partition coefficient (Wildman–Crippen LogP) is 3.83. The van der Waals surface area contributed by atoms with Crippen molar-refractivity contribution < 1.29 is 9.18 Å². The molecular formula is C16H18FNO. The Morgan fingerprint density at radius 3 is 2.79 bits per heavy atom. The summed E-state index contributed by atoms with van der Waals surface area (Å²) in [7, 11) is 0. The molecule has 1 aliphatic rings. The Balaban J connectivity index is 2.28. The van der Waals surface area contributed by atoms with E-state index in [9.17, 15) is 14.4 Å². The summed E-state index contributed by atoms with van der Waals surface area (Å²) in [5.41, 5.74) is 0.412. The van der Waals surface area contributed by atoms with E-state index in [1.165, 1.54) is 12.1 Å². The van der Waals surface area contributed by atoms with Gasteiger partial charge in [-0.1, -0.05) is 32.4 Å². The number of rotatable bonds is 3.